The molecule has 5 nitrogen and oxygen atoms in total. The van der Waals surface area contributed by atoms with Crippen LogP contribution in [0.25, 0.3) is 0 Å². The lowest BCUT2D eigenvalue weighted by molar-refractivity contribution is -0.119. The molecule has 2 atom stereocenters. The first-order valence-corrected chi connectivity index (χ1v) is 8.68. The number of benzene rings is 2. The normalized spacial score (nSPS) is 13.0. The highest BCUT2D eigenvalue weighted by Gasteiger charge is 2.21. The van der Waals surface area contributed by atoms with Crippen molar-refractivity contribution in [2.24, 2.45) is 5.73 Å². The van der Waals surface area contributed by atoms with Crippen molar-refractivity contribution in [3.05, 3.63) is 65.7 Å². The molecule has 0 aromatic heterocycles. The third kappa shape index (κ3) is 5.46. The van der Waals surface area contributed by atoms with E-state index < -0.39 is 40.3 Å². The zero-order chi connectivity index (χ0) is 18.4. The van der Waals surface area contributed by atoms with Crippen LogP contribution in [-0.4, -0.2) is 27.8 Å². The summed E-state index contributed by atoms with van der Waals surface area (Å²) in [6.07, 6.45) is 0.0282. The monoisotopic (exact) mass is 366 g/mol. The number of hydrogen-bond donors (Lipinski definition) is 2. The van der Waals surface area contributed by atoms with Crippen LogP contribution in [0.3, 0.4) is 0 Å². The Kier molecular flexibility index (Phi) is 6.35. The van der Waals surface area contributed by atoms with Crippen molar-refractivity contribution in [3.63, 3.8) is 0 Å². The van der Waals surface area contributed by atoms with Gasteiger partial charge in [-0.3, -0.25) is 13.8 Å². The van der Waals surface area contributed by atoms with Gasteiger partial charge in [-0.15, -0.1) is 0 Å². The lowest BCUT2D eigenvalue weighted by Crippen LogP contribution is -2.45. The van der Waals surface area contributed by atoms with E-state index in [0.29, 0.717) is 11.0 Å². The molecule has 132 valence electrons. The molecule has 0 saturated carbocycles. The summed E-state index contributed by atoms with van der Waals surface area (Å²) in [6, 6.07) is 9.84. The van der Waals surface area contributed by atoms with Crippen molar-refractivity contribution in [1.82, 2.24) is 5.32 Å². The second-order valence-electron chi connectivity index (χ2n) is 5.24. The Labute approximate surface area is 145 Å². The first-order valence-electron chi connectivity index (χ1n) is 7.36. The van der Waals surface area contributed by atoms with E-state index in [2.05, 4.69) is 5.32 Å². The molecule has 2 aromatic rings. The van der Waals surface area contributed by atoms with Gasteiger partial charge < -0.3 is 11.1 Å². The van der Waals surface area contributed by atoms with Crippen molar-refractivity contribution >= 4 is 22.6 Å². The summed E-state index contributed by atoms with van der Waals surface area (Å²) in [5, 5.41) is 2.31. The fourth-order valence-corrected chi connectivity index (χ4v) is 3.27. The Morgan fingerprint density at radius 1 is 1.08 bits per heavy atom. The molecular formula is C17H16F2N2O3S. The fourth-order valence-electron chi connectivity index (χ4n) is 2.13. The first kappa shape index (κ1) is 18.7. The lowest BCUT2D eigenvalue weighted by atomic mass is 10.1. The predicted octanol–water partition coefficient (Wildman–Crippen LogP) is 1.75. The van der Waals surface area contributed by atoms with Crippen molar-refractivity contribution in [2.75, 3.05) is 5.75 Å². The molecule has 2 rings (SSSR count). The van der Waals surface area contributed by atoms with Crippen LogP contribution in [0.5, 0.6) is 0 Å². The number of amides is 2. The standard InChI is InChI=1S/C17H16F2N2O3S/c18-12-8-11(9-13(19)10-12)17(23)21-15(16(20)22)6-7-25(24)14-4-2-1-3-5-14/h1-5,8-10,15H,6-7H2,(H2,20,22)(H,21,23)/t15-,25-/m1/s1. The first-order chi connectivity index (χ1) is 11.9. The van der Waals surface area contributed by atoms with E-state index in [1.54, 1.807) is 30.3 Å². The second-order valence-corrected chi connectivity index (χ2v) is 6.81. The zero-order valence-corrected chi connectivity index (χ0v) is 13.9. The largest absolute Gasteiger partial charge is 0.368 e. The van der Waals surface area contributed by atoms with Gasteiger partial charge in [0, 0.05) is 22.3 Å². The van der Waals surface area contributed by atoms with Crippen molar-refractivity contribution in [2.45, 2.75) is 17.4 Å². The molecule has 0 saturated heterocycles. The average Bonchev–Trinajstić information content (AvgIpc) is 2.57. The summed E-state index contributed by atoms with van der Waals surface area (Å²) in [5.41, 5.74) is 4.98. The number of carbonyl (C=O) groups excluding carboxylic acids is 2. The summed E-state index contributed by atoms with van der Waals surface area (Å²) in [6.45, 7) is 0. The number of carbonyl (C=O) groups is 2. The van der Waals surface area contributed by atoms with Crippen LogP contribution in [0, 0.1) is 11.6 Å². The smallest absolute Gasteiger partial charge is 0.252 e. The summed E-state index contributed by atoms with van der Waals surface area (Å²) < 4.78 is 38.5. The van der Waals surface area contributed by atoms with Crippen molar-refractivity contribution < 1.29 is 22.6 Å². The average molecular weight is 366 g/mol. The maximum atomic E-state index is 13.2. The summed E-state index contributed by atoms with van der Waals surface area (Å²) in [5.74, 6) is -3.39. The Bertz CT molecular complexity index is 779. The molecule has 0 aliphatic rings. The number of halogens is 2. The minimum absolute atomic E-state index is 0.0282. The quantitative estimate of drug-likeness (QED) is 0.782. The Morgan fingerprint density at radius 3 is 2.24 bits per heavy atom. The van der Waals surface area contributed by atoms with Crippen LogP contribution in [0.15, 0.2) is 53.4 Å². The Hall–Kier alpha value is -2.61. The molecule has 25 heavy (non-hydrogen) atoms. The molecule has 8 heteroatoms. The number of nitrogens with two attached hydrogens (primary N) is 1. The molecule has 0 bridgehead atoms. The highest BCUT2D eigenvalue weighted by molar-refractivity contribution is 7.85. The third-order valence-electron chi connectivity index (χ3n) is 3.37. The van der Waals surface area contributed by atoms with Gasteiger partial charge in [0.25, 0.3) is 5.91 Å². The van der Waals surface area contributed by atoms with Gasteiger partial charge in [0.15, 0.2) is 0 Å². The minimum Gasteiger partial charge on any atom is -0.368 e. The molecular weight excluding hydrogens is 350 g/mol. The van der Waals surface area contributed by atoms with Gasteiger partial charge in [-0.25, -0.2) is 8.78 Å². The Morgan fingerprint density at radius 2 is 1.68 bits per heavy atom. The highest BCUT2D eigenvalue weighted by Crippen LogP contribution is 2.10. The van der Waals surface area contributed by atoms with Gasteiger partial charge in [-0.05, 0) is 30.7 Å². The van der Waals surface area contributed by atoms with Crippen LogP contribution < -0.4 is 11.1 Å². The molecule has 3 N–H and O–H groups in total. The van der Waals surface area contributed by atoms with E-state index in [0.717, 1.165) is 12.1 Å². The second kappa shape index (κ2) is 8.48. The minimum atomic E-state index is -1.37. The maximum Gasteiger partial charge on any atom is 0.252 e. The number of primary amides is 1. The van der Waals surface area contributed by atoms with Gasteiger partial charge >= 0.3 is 0 Å². The number of hydrogen-bond acceptors (Lipinski definition) is 3. The highest BCUT2D eigenvalue weighted by atomic mass is 32.2. The lowest BCUT2D eigenvalue weighted by Gasteiger charge is -2.15. The molecule has 0 unspecified atom stereocenters. The van der Waals surface area contributed by atoms with Crippen molar-refractivity contribution in [1.29, 1.82) is 0 Å². The molecule has 0 radical (unpaired) electrons. The summed E-state index contributed by atoms with van der Waals surface area (Å²) in [4.78, 5) is 24.1. The molecule has 0 aliphatic heterocycles. The third-order valence-corrected chi connectivity index (χ3v) is 4.78. The van der Waals surface area contributed by atoms with Crippen LogP contribution in [0.1, 0.15) is 16.8 Å². The number of nitrogens with one attached hydrogen (secondary N) is 1. The van der Waals surface area contributed by atoms with E-state index >= 15 is 0 Å². The Balaban J connectivity index is 2.02. The molecule has 2 amide bonds. The van der Waals surface area contributed by atoms with Gasteiger partial charge in [0.1, 0.15) is 17.7 Å². The number of rotatable bonds is 7. The maximum absolute atomic E-state index is 13.2. The fraction of sp³-hybridized carbons (Fsp3) is 0.176. The molecule has 0 spiro atoms. The van der Waals surface area contributed by atoms with E-state index in [4.69, 9.17) is 5.73 Å². The van der Waals surface area contributed by atoms with E-state index in [-0.39, 0.29) is 17.7 Å². The van der Waals surface area contributed by atoms with Gasteiger partial charge in [-0.2, -0.15) is 0 Å². The van der Waals surface area contributed by atoms with Crippen LogP contribution in [0.2, 0.25) is 0 Å². The van der Waals surface area contributed by atoms with Gasteiger partial charge in [0.2, 0.25) is 5.91 Å². The molecule has 0 heterocycles. The molecule has 0 fully saturated rings. The van der Waals surface area contributed by atoms with Crippen LogP contribution in [0.4, 0.5) is 8.78 Å². The van der Waals surface area contributed by atoms with E-state index in [9.17, 15) is 22.6 Å². The SMILES string of the molecule is NC(=O)[C@@H](CC[S@@](=O)c1ccccc1)NC(=O)c1cc(F)cc(F)c1. The predicted molar refractivity (Wildman–Crippen MR) is 89.1 cm³/mol. The van der Waals surface area contributed by atoms with Gasteiger partial charge in [0.05, 0.1) is 10.8 Å². The van der Waals surface area contributed by atoms with E-state index in [1.165, 1.54) is 0 Å². The molecule has 0 aliphatic carbocycles. The zero-order valence-electron chi connectivity index (χ0n) is 13.1. The van der Waals surface area contributed by atoms with Crippen LogP contribution in [-0.2, 0) is 15.6 Å². The molecule has 2 aromatic carbocycles. The van der Waals surface area contributed by atoms with Crippen LogP contribution >= 0.6 is 0 Å². The van der Waals surface area contributed by atoms with Gasteiger partial charge in [-0.1, -0.05) is 18.2 Å². The summed E-state index contributed by atoms with van der Waals surface area (Å²) >= 11 is 0. The topological polar surface area (TPSA) is 89.3 Å². The summed E-state index contributed by atoms with van der Waals surface area (Å²) in [7, 11) is -1.37. The van der Waals surface area contributed by atoms with Crippen molar-refractivity contribution in [3.8, 4) is 0 Å². The van der Waals surface area contributed by atoms with E-state index in [1.807, 2.05) is 0 Å².